The highest BCUT2D eigenvalue weighted by atomic mass is 32.1. The van der Waals surface area contributed by atoms with Crippen molar-refractivity contribution in [1.29, 1.82) is 0 Å². The van der Waals surface area contributed by atoms with E-state index in [1.54, 1.807) is 5.41 Å². The lowest BCUT2D eigenvalue weighted by atomic mass is 9.97. The van der Waals surface area contributed by atoms with Gasteiger partial charge in [0.25, 0.3) is 0 Å². The Morgan fingerprint density at radius 1 is 1.38 bits per heavy atom. The Morgan fingerprint density at radius 3 is 1.75 bits per heavy atom. The Labute approximate surface area is 62.2 Å². The first-order valence-corrected chi connectivity index (χ1v) is 3.48. The molecule has 0 nitrogen and oxygen atoms in total. The van der Waals surface area contributed by atoms with Crippen molar-refractivity contribution in [2.24, 2.45) is 5.41 Å². The van der Waals surface area contributed by atoms with E-state index in [9.17, 15) is 0 Å². The second-order valence-corrected chi connectivity index (χ2v) is 3.50. The zero-order chi connectivity index (χ0) is 6.78. The number of allylic oxidation sites excluding steroid dienone is 1. The highest BCUT2D eigenvalue weighted by Gasteiger charge is 2.11. The Kier molecular flexibility index (Phi) is 2.99. The lowest BCUT2D eigenvalue weighted by Gasteiger charge is -2.16. The van der Waals surface area contributed by atoms with Crippen LogP contribution >= 0.6 is 25.3 Å². The molecule has 0 amide bonds. The minimum atomic E-state index is 0.158. The largest absolute Gasteiger partial charge is 0.151 e. The molecular weight excluding hydrogens is 136 g/mol. The summed E-state index contributed by atoms with van der Waals surface area (Å²) < 4.78 is 0. The highest BCUT2D eigenvalue weighted by Crippen LogP contribution is 2.27. The molecule has 0 unspecified atom stereocenters. The van der Waals surface area contributed by atoms with Gasteiger partial charge in [0.05, 0.1) is 0 Å². The summed E-state index contributed by atoms with van der Waals surface area (Å²) in [6.07, 6.45) is 0. The average molecular weight is 148 g/mol. The first kappa shape index (κ1) is 8.44. The first-order chi connectivity index (χ1) is 3.48. The van der Waals surface area contributed by atoms with Gasteiger partial charge in [-0.2, -0.15) is 12.6 Å². The molecule has 0 radical (unpaired) electrons. The minimum Gasteiger partial charge on any atom is -0.151 e. The number of hydrogen-bond donors (Lipinski definition) is 2. The van der Waals surface area contributed by atoms with Crippen LogP contribution < -0.4 is 0 Å². The van der Waals surface area contributed by atoms with Gasteiger partial charge in [0, 0.05) is 0 Å². The molecule has 0 saturated heterocycles. The molecule has 0 aliphatic rings. The quantitative estimate of drug-likeness (QED) is 0.485. The van der Waals surface area contributed by atoms with Crippen molar-refractivity contribution in [3.63, 3.8) is 0 Å². The van der Waals surface area contributed by atoms with Crippen LogP contribution in [-0.2, 0) is 0 Å². The lowest BCUT2D eigenvalue weighted by Crippen LogP contribution is -2.03. The lowest BCUT2D eigenvalue weighted by molar-refractivity contribution is 0.535. The molecule has 0 saturated carbocycles. The van der Waals surface area contributed by atoms with E-state index >= 15 is 0 Å². The van der Waals surface area contributed by atoms with Crippen molar-refractivity contribution < 1.29 is 0 Å². The molecule has 0 aliphatic carbocycles. The highest BCUT2D eigenvalue weighted by molar-refractivity contribution is 7.87. The molecule has 0 aromatic heterocycles. The van der Waals surface area contributed by atoms with Crippen LogP contribution in [0.25, 0.3) is 0 Å². The van der Waals surface area contributed by atoms with Gasteiger partial charge in [-0.1, -0.05) is 20.8 Å². The van der Waals surface area contributed by atoms with Crippen LogP contribution in [0.1, 0.15) is 20.8 Å². The summed E-state index contributed by atoms with van der Waals surface area (Å²) in [5, 5.41) is 1.73. The van der Waals surface area contributed by atoms with Crippen molar-refractivity contribution in [3.8, 4) is 0 Å². The third kappa shape index (κ3) is 2.68. The molecule has 0 rings (SSSR count). The van der Waals surface area contributed by atoms with Gasteiger partial charge in [0.2, 0.25) is 0 Å². The van der Waals surface area contributed by atoms with Crippen LogP contribution in [0, 0.1) is 5.41 Å². The molecule has 0 aliphatic heterocycles. The SMILES string of the molecule is CC(C)(C)/C(S)=C\S. The molecule has 0 atom stereocenters. The Bertz CT molecular complexity index is 97.6. The fourth-order valence-electron chi connectivity index (χ4n) is 0.194. The van der Waals surface area contributed by atoms with Crippen molar-refractivity contribution in [1.82, 2.24) is 0 Å². The van der Waals surface area contributed by atoms with E-state index < -0.39 is 0 Å². The fourth-order valence-corrected chi connectivity index (χ4v) is 0.581. The molecule has 0 N–H and O–H groups in total. The second kappa shape index (κ2) is 2.83. The summed E-state index contributed by atoms with van der Waals surface area (Å²) in [5.74, 6) is 0. The standard InChI is InChI=1S/C6H12S2/c1-6(2,3)5(8)4-7/h4,7-8H,1-3H3/b5-4+. The average Bonchev–Trinajstić information content (AvgIpc) is 1.62. The maximum absolute atomic E-state index is 4.20. The van der Waals surface area contributed by atoms with Crippen molar-refractivity contribution in [3.05, 3.63) is 10.3 Å². The van der Waals surface area contributed by atoms with Crippen LogP contribution in [0.4, 0.5) is 0 Å². The summed E-state index contributed by atoms with van der Waals surface area (Å²) in [4.78, 5) is 1.01. The van der Waals surface area contributed by atoms with Gasteiger partial charge in [-0.05, 0) is 15.7 Å². The third-order valence-electron chi connectivity index (χ3n) is 0.891. The van der Waals surface area contributed by atoms with Gasteiger partial charge in [-0.15, -0.1) is 12.6 Å². The van der Waals surface area contributed by atoms with Gasteiger partial charge in [0.15, 0.2) is 0 Å². The predicted molar refractivity (Wildman–Crippen MR) is 45.5 cm³/mol. The van der Waals surface area contributed by atoms with E-state index in [1.165, 1.54) is 0 Å². The maximum atomic E-state index is 4.20. The molecule has 2 heteroatoms. The van der Waals surface area contributed by atoms with E-state index in [2.05, 4.69) is 46.0 Å². The summed E-state index contributed by atoms with van der Waals surface area (Å²) in [6.45, 7) is 6.30. The number of rotatable bonds is 0. The Morgan fingerprint density at radius 2 is 1.75 bits per heavy atom. The van der Waals surface area contributed by atoms with E-state index in [1.807, 2.05) is 0 Å². The smallest absolute Gasteiger partial charge is 0.00696 e. The third-order valence-corrected chi connectivity index (χ3v) is 2.15. The van der Waals surface area contributed by atoms with Crippen LogP contribution in [0.3, 0.4) is 0 Å². The minimum absolute atomic E-state index is 0.158. The molecule has 0 spiro atoms. The normalized spacial score (nSPS) is 14.4. The molecule has 0 aromatic rings. The summed E-state index contributed by atoms with van der Waals surface area (Å²) in [6, 6.07) is 0. The molecule has 0 bridgehead atoms. The van der Waals surface area contributed by atoms with Gasteiger partial charge < -0.3 is 0 Å². The molecule has 8 heavy (non-hydrogen) atoms. The van der Waals surface area contributed by atoms with Crippen LogP contribution in [0.2, 0.25) is 0 Å². The summed E-state index contributed by atoms with van der Waals surface area (Å²) in [5.41, 5.74) is 0.158. The molecule has 0 heterocycles. The van der Waals surface area contributed by atoms with Crippen molar-refractivity contribution >= 4 is 25.3 Å². The van der Waals surface area contributed by atoms with Crippen LogP contribution in [-0.4, -0.2) is 0 Å². The van der Waals surface area contributed by atoms with Gasteiger partial charge >= 0.3 is 0 Å². The molecule has 0 aromatic carbocycles. The van der Waals surface area contributed by atoms with Gasteiger partial charge in [-0.3, -0.25) is 0 Å². The van der Waals surface area contributed by atoms with E-state index in [-0.39, 0.29) is 5.41 Å². The molecule has 0 fully saturated rings. The van der Waals surface area contributed by atoms with Crippen LogP contribution in [0.15, 0.2) is 10.3 Å². The Hall–Kier alpha value is 0.440. The first-order valence-electron chi connectivity index (χ1n) is 2.52. The zero-order valence-electron chi connectivity index (χ0n) is 5.47. The molecular formula is C6H12S2. The van der Waals surface area contributed by atoms with Crippen molar-refractivity contribution in [2.75, 3.05) is 0 Å². The topological polar surface area (TPSA) is 0 Å². The number of thiol groups is 2. The van der Waals surface area contributed by atoms with Gasteiger partial charge in [0.1, 0.15) is 0 Å². The number of hydrogen-bond acceptors (Lipinski definition) is 2. The van der Waals surface area contributed by atoms with Crippen molar-refractivity contribution in [2.45, 2.75) is 20.8 Å². The van der Waals surface area contributed by atoms with E-state index in [0.29, 0.717) is 0 Å². The molecule has 48 valence electrons. The second-order valence-electron chi connectivity index (χ2n) is 2.76. The predicted octanol–water partition coefficient (Wildman–Crippen LogP) is 2.73. The van der Waals surface area contributed by atoms with E-state index in [0.717, 1.165) is 4.91 Å². The summed E-state index contributed by atoms with van der Waals surface area (Å²) in [7, 11) is 0. The van der Waals surface area contributed by atoms with E-state index in [4.69, 9.17) is 0 Å². The summed E-state index contributed by atoms with van der Waals surface area (Å²) >= 11 is 8.17. The van der Waals surface area contributed by atoms with Gasteiger partial charge in [-0.25, -0.2) is 0 Å². The maximum Gasteiger partial charge on any atom is -0.00696 e. The van der Waals surface area contributed by atoms with Crippen LogP contribution in [0.5, 0.6) is 0 Å². The monoisotopic (exact) mass is 148 g/mol. The fraction of sp³-hybridized carbons (Fsp3) is 0.667. The zero-order valence-corrected chi connectivity index (χ0v) is 7.26. The Balaban J connectivity index is 4.03.